The van der Waals surface area contributed by atoms with Crippen LogP contribution in [0.5, 0.6) is 0 Å². The van der Waals surface area contributed by atoms with Crippen molar-refractivity contribution in [1.82, 2.24) is 14.9 Å². The summed E-state index contributed by atoms with van der Waals surface area (Å²) in [7, 11) is 0. The molecule has 2 aromatic heterocycles. The molecule has 0 saturated carbocycles. The number of anilines is 1. The van der Waals surface area contributed by atoms with Crippen molar-refractivity contribution >= 4 is 27.5 Å². The maximum Gasteiger partial charge on any atom is 0.213 e. The van der Waals surface area contributed by atoms with Gasteiger partial charge in [-0.2, -0.15) is 0 Å². The first kappa shape index (κ1) is 18.0. The summed E-state index contributed by atoms with van der Waals surface area (Å²) < 4.78 is 0.769. The summed E-state index contributed by atoms with van der Waals surface area (Å²) in [5.41, 5.74) is 0.942. The van der Waals surface area contributed by atoms with Crippen LogP contribution in [0.15, 0.2) is 41.1 Å². The highest BCUT2D eigenvalue weighted by atomic mass is 79.9. The number of ketones is 1. The zero-order valence-corrected chi connectivity index (χ0v) is 15.5. The third-order valence-electron chi connectivity index (χ3n) is 4.26. The maximum absolute atomic E-state index is 12.7. The van der Waals surface area contributed by atoms with Crippen LogP contribution in [-0.4, -0.2) is 65.1 Å². The minimum Gasteiger partial charge on any atom is -0.395 e. The van der Waals surface area contributed by atoms with Crippen LogP contribution in [0, 0.1) is 0 Å². The van der Waals surface area contributed by atoms with Gasteiger partial charge in [0, 0.05) is 48.6 Å². The van der Waals surface area contributed by atoms with Crippen molar-refractivity contribution in [1.29, 1.82) is 0 Å². The number of pyridine rings is 2. The second-order valence-electron chi connectivity index (χ2n) is 6.01. The van der Waals surface area contributed by atoms with E-state index in [0.717, 1.165) is 42.9 Å². The largest absolute Gasteiger partial charge is 0.395 e. The molecule has 6 nitrogen and oxygen atoms in total. The highest BCUT2D eigenvalue weighted by molar-refractivity contribution is 9.10. The number of aliphatic hydroxyl groups excluding tert-OH is 1. The lowest BCUT2D eigenvalue weighted by Crippen LogP contribution is -2.32. The summed E-state index contributed by atoms with van der Waals surface area (Å²) in [6, 6.07) is 7.31. The lowest BCUT2D eigenvalue weighted by Gasteiger charge is -2.22. The van der Waals surface area contributed by atoms with Gasteiger partial charge in [-0.15, -0.1) is 0 Å². The summed E-state index contributed by atoms with van der Waals surface area (Å²) in [6.45, 7) is 4.47. The van der Waals surface area contributed by atoms with E-state index in [9.17, 15) is 4.79 Å². The highest BCUT2D eigenvalue weighted by Crippen LogP contribution is 2.17. The molecule has 1 fully saturated rings. The van der Waals surface area contributed by atoms with E-state index in [1.165, 1.54) is 0 Å². The predicted molar refractivity (Wildman–Crippen MR) is 100.0 cm³/mol. The molecule has 7 heteroatoms. The van der Waals surface area contributed by atoms with E-state index >= 15 is 0 Å². The molecule has 1 aliphatic rings. The average Bonchev–Trinajstić information content (AvgIpc) is 2.87. The summed E-state index contributed by atoms with van der Waals surface area (Å²) in [5, 5.41) is 9.10. The Kier molecular flexibility index (Phi) is 6.12. The molecule has 25 heavy (non-hydrogen) atoms. The molecule has 0 aromatic carbocycles. The molecule has 0 aliphatic carbocycles. The smallest absolute Gasteiger partial charge is 0.213 e. The van der Waals surface area contributed by atoms with E-state index in [2.05, 4.69) is 35.7 Å². The topological polar surface area (TPSA) is 69.6 Å². The maximum atomic E-state index is 12.7. The van der Waals surface area contributed by atoms with Crippen LogP contribution in [0.2, 0.25) is 0 Å². The zero-order valence-electron chi connectivity index (χ0n) is 13.9. The van der Waals surface area contributed by atoms with Gasteiger partial charge in [0.25, 0.3) is 0 Å². The van der Waals surface area contributed by atoms with E-state index < -0.39 is 0 Å². The lowest BCUT2D eigenvalue weighted by molar-refractivity contribution is 0.103. The van der Waals surface area contributed by atoms with Gasteiger partial charge < -0.3 is 10.0 Å². The number of aliphatic hydroxyl groups is 1. The summed E-state index contributed by atoms with van der Waals surface area (Å²) in [5.74, 6) is 0.687. The second-order valence-corrected chi connectivity index (χ2v) is 6.92. The fraction of sp³-hybridized carbons (Fsp3) is 0.389. The summed E-state index contributed by atoms with van der Waals surface area (Å²) in [6.07, 6.45) is 4.21. The molecular weight excluding hydrogens is 384 g/mol. The summed E-state index contributed by atoms with van der Waals surface area (Å²) >= 11 is 3.34. The third-order valence-corrected chi connectivity index (χ3v) is 4.70. The van der Waals surface area contributed by atoms with Gasteiger partial charge in [0.05, 0.1) is 6.61 Å². The molecule has 0 unspecified atom stereocenters. The van der Waals surface area contributed by atoms with Crippen molar-refractivity contribution in [2.24, 2.45) is 0 Å². The number of halogens is 1. The molecule has 1 aliphatic heterocycles. The Bertz CT molecular complexity index is 741. The predicted octanol–water partition coefficient (Wildman–Crippen LogP) is 1.97. The van der Waals surface area contributed by atoms with Gasteiger partial charge >= 0.3 is 0 Å². The van der Waals surface area contributed by atoms with Crippen LogP contribution in [-0.2, 0) is 0 Å². The number of carbonyl (C=O) groups excluding carboxylic acids is 1. The van der Waals surface area contributed by atoms with Gasteiger partial charge in [-0.1, -0.05) is 6.07 Å². The molecule has 3 rings (SSSR count). The number of rotatable bonds is 5. The fourth-order valence-electron chi connectivity index (χ4n) is 2.97. The van der Waals surface area contributed by atoms with Gasteiger partial charge in [0.1, 0.15) is 11.5 Å². The van der Waals surface area contributed by atoms with E-state index in [-0.39, 0.29) is 12.4 Å². The molecular formula is C18H21BrN4O2. The Balaban J connectivity index is 1.76. The second kappa shape index (κ2) is 8.51. The minimum atomic E-state index is -0.132. The number of nitrogens with zero attached hydrogens (tertiary/aromatic N) is 4. The van der Waals surface area contributed by atoms with Crippen molar-refractivity contribution in [2.75, 3.05) is 44.2 Å². The average molecular weight is 405 g/mol. The van der Waals surface area contributed by atoms with Gasteiger partial charge in [-0.25, -0.2) is 4.98 Å². The fourth-order valence-corrected chi connectivity index (χ4v) is 3.34. The van der Waals surface area contributed by atoms with Crippen molar-refractivity contribution in [3.8, 4) is 0 Å². The molecule has 0 bridgehead atoms. The number of hydrogen-bond donors (Lipinski definition) is 1. The molecule has 0 atom stereocenters. The number of carbonyl (C=O) groups is 1. The first-order valence-corrected chi connectivity index (χ1v) is 9.17. The van der Waals surface area contributed by atoms with E-state index in [4.69, 9.17) is 5.11 Å². The SMILES string of the molecule is O=C(c1cncc(Br)c1)c1cccc(N2CCCN(CCO)CC2)n1. The number of hydrogen-bond acceptors (Lipinski definition) is 6. The van der Waals surface area contributed by atoms with E-state index in [1.54, 1.807) is 24.5 Å². The molecule has 132 valence electrons. The van der Waals surface area contributed by atoms with E-state index in [0.29, 0.717) is 17.8 Å². The van der Waals surface area contributed by atoms with Gasteiger partial charge in [0.2, 0.25) is 5.78 Å². The Labute approximate surface area is 155 Å². The minimum absolute atomic E-state index is 0.132. The van der Waals surface area contributed by atoms with Crippen LogP contribution >= 0.6 is 15.9 Å². The van der Waals surface area contributed by atoms with Gasteiger partial charge in [0.15, 0.2) is 0 Å². The molecule has 0 radical (unpaired) electrons. The standard InChI is InChI=1S/C18H21BrN4O2/c19-15-11-14(12-20-13-15)18(25)16-3-1-4-17(21-16)23-6-2-5-22(7-8-23)9-10-24/h1,3-4,11-13,24H,2,5-10H2. The Morgan fingerprint density at radius 1 is 1.20 bits per heavy atom. The lowest BCUT2D eigenvalue weighted by atomic mass is 10.1. The van der Waals surface area contributed by atoms with Crippen molar-refractivity contribution in [3.63, 3.8) is 0 Å². The number of β-amino-alcohol motifs (C(OH)–C–C–N with tert-alkyl or cyclic N) is 1. The normalized spacial score (nSPS) is 15.8. The van der Waals surface area contributed by atoms with Crippen LogP contribution in [0.25, 0.3) is 0 Å². The monoisotopic (exact) mass is 404 g/mol. The van der Waals surface area contributed by atoms with Crippen molar-refractivity contribution < 1.29 is 9.90 Å². The van der Waals surface area contributed by atoms with Crippen molar-refractivity contribution in [2.45, 2.75) is 6.42 Å². The zero-order chi connectivity index (χ0) is 17.6. The number of aromatic nitrogens is 2. The molecule has 3 heterocycles. The van der Waals surface area contributed by atoms with Gasteiger partial charge in [-0.3, -0.25) is 14.7 Å². The third kappa shape index (κ3) is 4.62. The Morgan fingerprint density at radius 2 is 2.08 bits per heavy atom. The first-order chi connectivity index (χ1) is 12.2. The van der Waals surface area contributed by atoms with Crippen LogP contribution in [0.1, 0.15) is 22.5 Å². The quantitative estimate of drug-likeness (QED) is 0.768. The van der Waals surface area contributed by atoms with Gasteiger partial charge in [-0.05, 0) is 47.1 Å². The molecule has 0 amide bonds. The molecule has 1 N–H and O–H groups in total. The molecule has 0 spiro atoms. The molecule has 1 saturated heterocycles. The Morgan fingerprint density at radius 3 is 2.88 bits per heavy atom. The molecule has 2 aromatic rings. The highest BCUT2D eigenvalue weighted by Gasteiger charge is 2.18. The van der Waals surface area contributed by atoms with Crippen LogP contribution in [0.4, 0.5) is 5.82 Å². The Hall–Kier alpha value is -1.83. The van der Waals surface area contributed by atoms with Crippen LogP contribution in [0.3, 0.4) is 0 Å². The first-order valence-electron chi connectivity index (χ1n) is 8.38. The van der Waals surface area contributed by atoms with E-state index in [1.807, 2.05) is 12.1 Å². The van der Waals surface area contributed by atoms with Crippen molar-refractivity contribution in [3.05, 3.63) is 52.4 Å². The summed E-state index contributed by atoms with van der Waals surface area (Å²) in [4.78, 5) is 25.7. The van der Waals surface area contributed by atoms with Crippen LogP contribution < -0.4 is 4.90 Å².